The smallest absolute Gasteiger partial charge is 0.416 e. The van der Waals surface area contributed by atoms with Crippen LogP contribution in [0.3, 0.4) is 0 Å². The van der Waals surface area contributed by atoms with Gasteiger partial charge in [0.1, 0.15) is 11.3 Å². The Kier molecular flexibility index (Phi) is 7.35. The van der Waals surface area contributed by atoms with Crippen LogP contribution >= 0.6 is 13.5 Å². The molecular formula is C21H26F3N3O4S. The highest BCUT2D eigenvalue weighted by molar-refractivity contribution is 7.59. The summed E-state index contributed by atoms with van der Waals surface area (Å²) in [4.78, 5) is 26.8. The Labute approximate surface area is 190 Å². The summed E-state index contributed by atoms with van der Waals surface area (Å²) >= 11 is 0. The lowest BCUT2D eigenvalue weighted by molar-refractivity contribution is -0.154. The van der Waals surface area contributed by atoms with Gasteiger partial charge in [-0.15, -0.1) is 0 Å². The predicted molar refractivity (Wildman–Crippen MR) is 116 cm³/mol. The van der Waals surface area contributed by atoms with E-state index in [1.54, 1.807) is 20.8 Å². The van der Waals surface area contributed by atoms with Crippen LogP contribution in [0.15, 0.2) is 24.4 Å². The highest BCUT2D eigenvalue weighted by atomic mass is 32.1. The standard InChI is InChI=1S/C21H24F3N3O4.H2S/c1-12-10-26(15-5-6-16(21(22,23)24)14(7-15)11-28)19(30)18-13(9-25-27(12)18)8-17(29)31-20(2,3)4;/h5-7,9,12,28H,8,10-11H2,1-4H3;1H2/t12-;/m0./s1. The summed E-state index contributed by atoms with van der Waals surface area (Å²) in [5, 5.41) is 13.6. The third kappa shape index (κ3) is 5.26. The molecule has 0 bridgehead atoms. The average Bonchev–Trinajstić information content (AvgIpc) is 3.06. The van der Waals surface area contributed by atoms with Crippen LogP contribution in [0.1, 0.15) is 60.9 Å². The molecule has 1 amide bonds. The first-order chi connectivity index (χ1) is 14.3. The topological polar surface area (TPSA) is 84.7 Å². The van der Waals surface area contributed by atoms with Crippen LogP contribution in [-0.4, -0.2) is 38.9 Å². The Hall–Kier alpha value is -2.53. The molecule has 0 spiro atoms. The number of benzene rings is 1. The summed E-state index contributed by atoms with van der Waals surface area (Å²) in [5.74, 6) is -1.00. The van der Waals surface area contributed by atoms with Gasteiger partial charge in [0, 0.05) is 17.8 Å². The van der Waals surface area contributed by atoms with Gasteiger partial charge < -0.3 is 14.7 Å². The quantitative estimate of drug-likeness (QED) is 0.686. The number of aliphatic hydroxyl groups is 1. The molecule has 176 valence electrons. The molecule has 7 nitrogen and oxygen atoms in total. The number of aromatic nitrogens is 2. The van der Waals surface area contributed by atoms with Gasteiger partial charge in [-0.2, -0.15) is 31.8 Å². The van der Waals surface area contributed by atoms with Crippen LogP contribution in [0.4, 0.5) is 18.9 Å². The van der Waals surface area contributed by atoms with Gasteiger partial charge in [0.05, 0.1) is 30.8 Å². The number of aliphatic hydroxyl groups excluding tert-OH is 1. The number of nitrogens with zero attached hydrogens (tertiary/aromatic N) is 3. The molecule has 0 saturated heterocycles. The van der Waals surface area contributed by atoms with E-state index in [4.69, 9.17) is 4.74 Å². The molecular weight excluding hydrogens is 447 g/mol. The normalized spacial score (nSPS) is 16.4. The molecule has 0 radical (unpaired) electrons. The van der Waals surface area contributed by atoms with Crippen molar-refractivity contribution >= 4 is 31.1 Å². The summed E-state index contributed by atoms with van der Waals surface area (Å²) in [6.07, 6.45) is -3.34. The Morgan fingerprint density at radius 3 is 2.47 bits per heavy atom. The van der Waals surface area contributed by atoms with Crippen LogP contribution in [0, 0.1) is 0 Å². The second-order valence-corrected chi connectivity index (χ2v) is 8.49. The van der Waals surface area contributed by atoms with E-state index in [9.17, 15) is 27.9 Å². The summed E-state index contributed by atoms with van der Waals surface area (Å²) in [6, 6.07) is 2.94. The maximum Gasteiger partial charge on any atom is 0.416 e. The van der Waals surface area contributed by atoms with Crippen molar-refractivity contribution in [3.63, 3.8) is 0 Å². The third-order valence-corrected chi connectivity index (χ3v) is 4.81. The number of carbonyl (C=O) groups excluding carboxylic acids is 2. The molecule has 0 saturated carbocycles. The van der Waals surface area contributed by atoms with Crippen molar-refractivity contribution in [1.29, 1.82) is 0 Å². The number of carbonyl (C=O) groups is 2. The maximum atomic E-state index is 13.2. The van der Waals surface area contributed by atoms with Gasteiger partial charge >= 0.3 is 12.1 Å². The van der Waals surface area contributed by atoms with Crippen molar-refractivity contribution in [2.45, 2.75) is 58.5 Å². The van der Waals surface area contributed by atoms with E-state index in [0.29, 0.717) is 5.56 Å². The van der Waals surface area contributed by atoms with Crippen LogP contribution in [0.5, 0.6) is 0 Å². The lowest BCUT2D eigenvalue weighted by atomic mass is 10.0. The predicted octanol–water partition coefficient (Wildman–Crippen LogP) is 3.61. The number of rotatable bonds is 4. The molecule has 0 unspecified atom stereocenters. The fourth-order valence-corrected chi connectivity index (χ4v) is 3.56. The Balaban J connectivity index is 0.00000363. The number of alkyl halides is 3. The zero-order chi connectivity index (χ0) is 23.1. The van der Waals surface area contributed by atoms with Gasteiger partial charge in [-0.1, -0.05) is 0 Å². The van der Waals surface area contributed by atoms with Gasteiger partial charge in [-0.05, 0) is 51.5 Å². The van der Waals surface area contributed by atoms with Gasteiger partial charge in [0.25, 0.3) is 5.91 Å². The van der Waals surface area contributed by atoms with Crippen LogP contribution in [0.25, 0.3) is 0 Å². The first-order valence-electron chi connectivity index (χ1n) is 9.73. The van der Waals surface area contributed by atoms with Crippen molar-refractivity contribution in [2.24, 2.45) is 0 Å². The molecule has 1 atom stereocenters. The Morgan fingerprint density at radius 2 is 1.91 bits per heavy atom. The molecule has 1 N–H and O–H groups in total. The second kappa shape index (κ2) is 9.14. The average molecular weight is 474 g/mol. The number of amides is 1. The molecule has 2 aromatic rings. The molecule has 1 aliphatic rings. The lowest BCUT2D eigenvalue weighted by Crippen LogP contribution is -2.43. The fourth-order valence-electron chi connectivity index (χ4n) is 3.56. The van der Waals surface area contributed by atoms with E-state index < -0.39 is 35.8 Å². The van der Waals surface area contributed by atoms with Gasteiger partial charge in [0.2, 0.25) is 0 Å². The van der Waals surface area contributed by atoms with Crippen molar-refractivity contribution in [2.75, 3.05) is 11.4 Å². The maximum absolute atomic E-state index is 13.2. The number of ether oxygens (including phenoxy) is 1. The lowest BCUT2D eigenvalue weighted by Gasteiger charge is -2.33. The van der Waals surface area contributed by atoms with Crippen LogP contribution in [0.2, 0.25) is 0 Å². The Bertz CT molecular complexity index is 1010. The third-order valence-electron chi connectivity index (χ3n) is 4.81. The first-order valence-corrected chi connectivity index (χ1v) is 9.73. The van der Waals surface area contributed by atoms with E-state index >= 15 is 0 Å². The number of hydrogen-bond donors (Lipinski definition) is 1. The minimum atomic E-state index is -4.62. The van der Waals surface area contributed by atoms with Crippen molar-refractivity contribution in [3.05, 3.63) is 46.8 Å². The SMILES string of the molecule is C[C@H]1CN(c2ccc(C(F)(F)F)c(CO)c2)C(=O)c2c(CC(=O)OC(C)(C)C)cnn21.S. The highest BCUT2D eigenvalue weighted by Crippen LogP contribution is 2.35. The molecule has 1 aromatic carbocycles. The molecule has 3 rings (SSSR count). The molecule has 1 aliphatic heterocycles. The first kappa shape index (κ1) is 25.7. The van der Waals surface area contributed by atoms with Crippen molar-refractivity contribution in [1.82, 2.24) is 9.78 Å². The number of fused-ring (bicyclic) bond motifs is 1. The molecule has 2 heterocycles. The van der Waals surface area contributed by atoms with E-state index in [0.717, 1.165) is 12.1 Å². The molecule has 1 aromatic heterocycles. The zero-order valence-corrected chi connectivity index (χ0v) is 19.2. The monoisotopic (exact) mass is 473 g/mol. The summed E-state index contributed by atoms with van der Waals surface area (Å²) in [5.41, 5.74) is -1.16. The van der Waals surface area contributed by atoms with E-state index in [2.05, 4.69) is 5.10 Å². The number of halogens is 3. The van der Waals surface area contributed by atoms with Crippen molar-refractivity contribution in [3.8, 4) is 0 Å². The minimum Gasteiger partial charge on any atom is -0.460 e. The van der Waals surface area contributed by atoms with Crippen molar-refractivity contribution < 1.29 is 32.6 Å². The van der Waals surface area contributed by atoms with Crippen LogP contribution in [-0.2, 0) is 28.7 Å². The minimum absolute atomic E-state index is 0. The number of hydrogen-bond acceptors (Lipinski definition) is 5. The number of esters is 1. The molecule has 0 fully saturated rings. The van der Waals surface area contributed by atoms with Gasteiger partial charge in [0.15, 0.2) is 0 Å². The highest BCUT2D eigenvalue weighted by Gasteiger charge is 2.36. The Morgan fingerprint density at radius 1 is 1.25 bits per heavy atom. The van der Waals surface area contributed by atoms with E-state index in [1.165, 1.54) is 21.8 Å². The summed E-state index contributed by atoms with van der Waals surface area (Å²) < 4.78 is 46.3. The molecule has 11 heteroatoms. The zero-order valence-electron chi connectivity index (χ0n) is 18.2. The summed E-state index contributed by atoms with van der Waals surface area (Å²) in [6.45, 7) is 6.37. The largest absolute Gasteiger partial charge is 0.460 e. The van der Waals surface area contributed by atoms with Gasteiger partial charge in [-0.3, -0.25) is 14.3 Å². The summed E-state index contributed by atoms with van der Waals surface area (Å²) in [7, 11) is 0. The molecule has 32 heavy (non-hydrogen) atoms. The number of anilines is 1. The van der Waals surface area contributed by atoms with Gasteiger partial charge in [-0.25, -0.2) is 0 Å². The molecule has 0 aliphatic carbocycles. The van der Waals surface area contributed by atoms with E-state index in [-0.39, 0.29) is 49.4 Å². The second-order valence-electron chi connectivity index (χ2n) is 8.49. The van der Waals surface area contributed by atoms with E-state index in [1.807, 2.05) is 6.92 Å². The fraction of sp³-hybridized carbons (Fsp3) is 0.476. The van der Waals surface area contributed by atoms with Crippen LogP contribution < -0.4 is 4.90 Å².